The van der Waals surface area contributed by atoms with Gasteiger partial charge in [-0.1, -0.05) is 13.7 Å². The first-order valence-electron chi connectivity index (χ1n) is 7.12. The van der Waals surface area contributed by atoms with Crippen LogP contribution in [0.5, 0.6) is 0 Å². The summed E-state index contributed by atoms with van der Waals surface area (Å²) in [6, 6.07) is -1.47. The van der Waals surface area contributed by atoms with E-state index in [1.165, 1.54) is 0 Å². The fourth-order valence-corrected chi connectivity index (χ4v) is 1.93. The van der Waals surface area contributed by atoms with Gasteiger partial charge in [0.05, 0.1) is 0 Å². The molecule has 0 aromatic rings. The second kappa shape index (κ2) is 2.46. The van der Waals surface area contributed by atoms with Crippen LogP contribution in [0.3, 0.4) is 0 Å². The molecule has 0 amide bonds. The summed E-state index contributed by atoms with van der Waals surface area (Å²) in [7, 11) is 0. The van der Waals surface area contributed by atoms with Gasteiger partial charge in [-0.15, -0.1) is 0 Å². The highest BCUT2D eigenvalue weighted by molar-refractivity contribution is 5.08. The quantitative estimate of drug-likeness (QED) is 0.622. The third-order valence-electron chi connectivity index (χ3n) is 2.82. The summed E-state index contributed by atoms with van der Waals surface area (Å²) in [5.74, 6) is 0. The molecule has 2 fully saturated rings. The van der Waals surface area contributed by atoms with E-state index < -0.39 is 19.7 Å². The molecule has 0 aromatic carbocycles. The predicted octanol–water partition coefficient (Wildman–Crippen LogP) is 0.736. The Morgan fingerprint density at radius 3 is 3.09 bits per heavy atom. The first-order valence-corrected chi connectivity index (χ1v) is 4.12. The Hall–Kier alpha value is -0.0800. The van der Waals surface area contributed by atoms with E-state index in [1.54, 1.807) is 0 Å². The maximum Gasteiger partial charge on any atom is 0.0263 e. The summed E-state index contributed by atoms with van der Waals surface area (Å²) < 4.78 is 44.1. The zero-order valence-corrected chi connectivity index (χ0v) is 6.48. The molecule has 1 heterocycles. The summed E-state index contributed by atoms with van der Waals surface area (Å²) in [4.78, 5) is 0. The van der Waals surface area contributed by atoms with Gasteiger partial charge in [0, 0.05) is 33.4 Å². The monoisotopic (exact) mass is 160 g/mol. The molecule has 11 heavy (non-hydrogen) atoms. The van der Waals surface area contributed by atoms with Crippen molar-refractivity contribution >= 4 is 0 Å². The minimum atomic E-state index is -2.50. The van der Waals surface area contributed by atoms with Crippen LogP contribution in [0.2, 0.25) is 0 Å². The molecule has 2 nitrogen and oxygen atoms in total. The number of rotatable bonds is 2. The molecular formula is C9H18N2. The van der Waals surface area contributed by atoms with Crippen LogP contribution < -0.4 is 10.6 Å². The van der Waals surface area contributed by atoms with Crippen molar-refractivity contribution in [2.45, 2.75) is 38.6 Å². The molecule has 1 atom stereocenters. The molecule has 1 saturated carbocycles. The minimum Gasteiger partial charge on any atom is -0.315 e. The summed E-state index contributed by atoms with van der Waals surface area (Å²) in [6.07, 6.45) is 2.10. The largest absolute Gasteiger partial charge is 0.315 e. The third kappa shape index (κ3) is 1.30. The maximum absolute atomic E-state index is 7.35. The van der Waals surface area contributed by atoms with Gasteiger partial charge in [0.1, 0.15) is 0 Å². The SMILES string of the molecule is [2H]C([2H])([2H])C(N[C@@H]1CNCC12CC2)C([2H])([2H])[2H]. The van der Waals surface area contributed by atoms with Crippen LogP contribution in [0.1, 0.15) is 34.8 Å². The molecule has 0 unspecified atom stereocenters. The molecule has 2 rings (SSSR count). The molecule has 1 aliphatic heterocycles. The molecule has 0 bridgehead atoms. The molecule has 2 N–H and O–H groups in total. The van der Waals surface area contributed by atoms with E-state index in [0.717, 1.165) is 19.4 Å². The molecule has 0 aromatic heterocycles. The van der Waals surface area contributed by atoms with Crippen molar-refractivity contribution in [2.24, 2.45) is 5.41 Å². The molecule has 2 heteroatoms. The standard InChI is InChI=1S/C9H18N2/c1-7(2)11-8-5-10-6-9(8)3-4-9/h7-8,10-11H,3-6H2,1-2H3/t8-/m1/s1/i1D3,2D3. The van der Waals surface area contributed by atoms with Crippen LogP contribution in [-0.2, 0) is 0 Å². The van der Waals surface area contributed by atoms with E-state index in [2.05, 4.69) is 10.6 Å². The zero-order chi connectivity index (χ0) is 12.9. The Morgan fingerprint density at radius 2 is 2.45 bits per heavy atom. The lowest BCUT2D eigenvalue weighted by atomic mass is 10.0. The highest BCUT2D eigenvalue weighted by atomic mass is 15.1. The maximum atomic E-state index is 7.35. The molecule has 64 valence electrons. The van der Waals surface area contributed by atoms with Crippen LogP contribution >= 0.6 is 0 Å². The Balaban J connectivity index is 2.08. The molecule has 2 aliphatic rings. The zero-order valence-electron chi connectivity index (χ0n) is 12.5. The minimum absolute atomic E-state index is 0.0339. The second-order valence-electron chi connectivity index (χ2n) is 3.65. The lowest BCUT2D eigenvalue weighted by Crippen LogP contribution is -2.41. The lowest BCUT2D eigenvalue weighted by Gasteiger charge is -2.21. The van der Waals surface area contributed by atoms with Crippen LogP contribution in [0.4, 0.5) is 0 Å². The average molecular weight is 160 g/mol. The van der Waals surface area contributed by atoms with Gasteiger partial charge < -0.3 is 10.6 Å². The second-order valence-corrected chi connectivity index (χ2v) is 3.65. The summed E-state index contributed by atoms with van der Waals surface area (Å²) in [6.45, 7) is -3.48. The van der Waals surface area contributed by atoms with E-state index in [0.29, 0.717) is 6.54 Å². The Labute approximate surface area is 77.2 Å². The van der Waals surface area contributed by atoms with Crippen molar-refractivity contribution in [1.29, 1.82) is 0 Å². The molecule has 1 aliphatic carbocycles. The van der Waals surface area contributed by atoms with Crippen LogP contribution in [0.15, 0.2) is 0 Å². The van der Waals surface area contributed by atoms with Gasteiger partial charge in [-0.2, -0.15) is 0 Å². The normalized spacial score (nSPS) is 43.9. The summed E-state index contributed by atoms with van der Waals surface area (Å²) >= 11 is 0. The van der Waals surface area contributed by atoms with Gasteiger partial charge >= 0.3 is 0 Å². The molecule has 1 saturated heterocycles. The van der Waals surface area contributed by atoms with Gasteiger partial charge in [-0.05, 0) is 18.3 Å². The predicted molar refractivity (Wildman–Crippen MR) is 46.6 cm³/mol. The smallest absolute Gasteiger partial charge is 0.0263 e. The van der Waals surface area contributed by atoms with Crippen molar-refractivity contribution in [2.75, 3.05) is 13.1 Å². The van der Waals surface area contributed by atoms with Crippen molar-refractivity contribution in [3.63, 3.8) is 0 Å². The molecule has 0 radical (unpaired) electrons. The third-order valence-corrected chi connectivity index (χ3v) is 2.82. The van der Waals surface area contributed by atoms with E-state index in [4.69, 9.17) is 8.22 Å². The Bertz CT molecular complexity index is 279. The number of hydrogen-bond donors (Lipinski definition) is 2. The topological polar surface area (TPSA) is 24.1 Å². The van der Waals surface area contributed by atoms with Gasteiger partial charge in [-0.25, -0.2) is 0 Å². The van der Waals surface area contributed by atoms with E-state index in [9.17, 15) is 0 Å². The van der Waals surface area contributed by atoms with Gasteiger partial charge in [-0.3, -0.25) is 0 Å². The van der Waals surface area contributed by atoms with Crippen molar-refractivity contribution in [3.8, 4) is 0 Å². The van der Waals surface area contributed by atoms with E-state index in [1.807, 2.05) is 0 Å². The highest BCUT2D eigenvalue weighted by Crippen LogP contribution is 2.50. The van der Waals surface area contributed by atoms with E-state index >= 15 is 0 Å². The first-order chi connectivity index (χ1) is 7.65. The molecule has 1 spiro atoms. The van der Waals surface area contributed by atoms with Crippen molar-refractivity contribution in [1.82, 2.24) is 10.6 Å². The van der Waals surface area contributed by atoms with Crippen molar-refractivity contribution in [3.05, 3.63) is 0 Å². The van der Waals surface area contributed by atoms with Crippen LogP contribution in [0, 0.1) is 5.41 Å². The van der Waals surface area contributed by atoms with E-state index in [-0.39, 0.29) is 11.5 Å². The van der Waals surface area contributed by atoms with Crippen LogP contribution in [0.25, 0.3) is 0 Å². The fourth-order valence-electron chi connectivity index (χ4n) is 1.93. The van der Waals surface area contributed by atoms with Gasteiger partial charge in [0.15, 0.2) is 0 Å². The van der Waals surface area contributed by atoms with Gasteiger partial charge in [0.25, 0.3) is 0 Å². The van der Waals surface area contributed by atoms with Crippen molar-refractivity contribution < 1.29 is 8.22 Å². The van der Waals surface area contributed by atoms with Gasteiger partial charge in [0.2, 0.25) is 0 Å². The number of hydrogen-bond acceptors (Lipinski definition) is 2. The highest BCUT2D eigenvalue weighted by Gasteiger charge is 2.51. The summed E-state index contributed by atoms with van der Waals surface area (Å²) in [5.41, 5.74) is 0.106. The number of nitrogens with one attached hydrogen (secondary N) is 2. The van der Waals surface area contributed by atoms with Crippen LogP contribution in [-0.4, -0.2) is 25.2 Å². The molecular weight excluding hydrogens is 136 g/mol. The summed E-state index contributed by atoms with van der Waals surface area (Å²) in [5, 5.41) is 6.06. The Morgan fingerprint density at radius 1 is 1.64 bits per heavy atom. The fraction of sp³-hybridized carbons (Fsp3) is 1.00. The Kier molecular flexibility index (Phi) is 0.748. The first kappa shape index (κ1) is 3.35. The lowest BCUT2D eigenvalue weighted by molar-refractivity contribution is 0.381. The average Bonchev–Trinajstić information content (AvgIpc) is 2.73.